The maximum atomic E-state index is 13.9. The van der Waals surface area contributed by atoms with Crippen molar-refractivity contribution in [1.29, 1.82) is 0 Å². The Morgan fingerprint density at radius 2 is 1.97 bits per heavy atom. The van der Waals surface area contributed by atoms with E-state index in [1.165, 1.54) is 14.0 Å². The molecule has 0 aromatic heterocycles. The first-order chi connectivity index (χ1) is 14.6. The molecule has 6 rings (SSSR count). The summed E-state index contributed by atoms with van der Waals surface area (Å²) in [6, 6.07) is 0. The molecule has 2 saturated heterocycles. The molecule has 8 heteroatoms. The van der Waals surface area contributed by atoms with Gasteiger partial charge >= 0.3 is 5.97 Å². The molecule has 6 aliphatic rings. The van der Waals surface area contributed by atoms with E-state index in [2.05, 4.69) is 0 Å². The van der Waals surface area contributed by atoms with E-state index in [0.29, 0.717) is 12.8 Å². The number of hydrogen-bond donors (Lipinski definition) is 3. The second-order valence-electron chi connectivity index (χ2n) is 11.0. The molecule has 0 aromatic rings. The quantitative estimate of drug-likeness (QED) is 0.547. The highest BCUT2D eigenvalue weighted by Crippen LogP contribution is 2.76. The Bertz CT molecular complexity index is 800. The summed E-state index contributed by atoms with van der Waals surface area (Å²) in [6.45, 7) is 3.91. The summed E-state index contributed by atoms with van der Waals surface area (Å²) < 4.78 is 16.7. The van der Waals surface area contributed by atoms with Crippen molar-refractivity contribution in [2.24, 2.45) is 39.9 Å². The predicted molar refractivity (Wildman–Crippen MR) is 106 cm³/mol. The van der Waals surface area contributed by atoms with Crippen LogP contribution < -0.4 is 0 Å². The summed E-state index contributed by atoms with van der Waals surface area (Å²) in [4.78, 5) is 25.4. The molecule has 2 spiro atoms. The molecule has 31 heavy (non-hydrogen) atoms. The number of Topliss-reactive ketones (excluding diaryl/α,β-unsaturated/α-hetero) is 1. The fourth-order valence-corrected chi connectivity index (χ4v) is 8.81. The summed E-state index contributed by atoms with van der Waals surface area (Å²) in [5, 5.41) is 35.0. The van der Waals surface area contributed by atoms with Gasteiger partial charge in [-0.15, -0.1) is 0 Å². The van der Waals surface area contributed by atoms with Crippen LogP contribution in [0.2, 0.25) is 0 Å². The van der Waals surface area contributed by atoms with Gasteiger partial charge in [-0.2, -0.15) is 0 Å². The second-order valence-corrected chi connectivity index (χ2v) is 11.0. The normalized spacial score (nSPS) is 55.0. The molecule has 2 heterocycles. The van der Waals surface area contributed by atoms with E-state index in [1.54, 1.807) is 0 Å². The number of fused-ring (bicyclic) bond motifs is 2. The summed E-state index contributed by atoms with van der Waals surface area (Å²) in [5.41, 5.74) is -2.67. The number of aliphatic hydroxyl groups excluding tert-OH is 2. The third-order valence-electron chi connectivity index (χ3n) is 9.75. The third kappa shape index (κ3) is 2.33. The molecule has 3 N–H and O–H groups in total. The number of carbonyl (C=O) groups excluding carboxylic acids is 2. The molecular weight excluding hydrogens is 404 g/mol. The van der Waals surface area contributed by atoms with Crippen molar-refractivity contribution in [3.63, 3.8) is 0 Å². The van der Waals surface area contributed by atoms with Crippen molar-refractivity contribution in [3.05, 3.63) is 0 Å². The number of methoxy groups -OCH3 is 1. The van der Waals surface area contributed by atoms with Gasteiger partial charge in [0.25, 0.3) is 0 Å². The van der Waals surface area contributed by atoms with Gasteiger partial charge in [0, 0.05) is 36.7 Å². The van der Waals surface area contributed by atoms with Crippen molar-refractivity contribution >= 4 is 11.8 Å². The third-order valence-corrected chi connectivity index (χ3v) is 9.75. The van der Waals surface area contributed by atoms with Crippen molar-refractivity contribution in [1.82, 2.24) is 0 Å². The van der Waals surface area contributed by atoms with Gasteiger partial charge in [-0.25, -0.2) is 0 Å². The van der Waals surface area contributed by atoms with E-state index < -0.39 is 46.1 Å². The van der Waals surface area contributed by atoms with E-state index in [0.717, 1.165) is 19.3 Å². The van der Waals surface area contributed by atoms with E-state index in [4.69, 9.17) is 14.2 Å². The van der Waals surface area contributed by atoms with Crippen LogP contribution in [-0.4, -0.2) is 72.0 Å². The number of ether oxygens (including phenoxy) is 3. The van der Waals surface area contributed by atoms with Crippen LogP contribution in [0, 0.1) is 39.9 Å². The number of aliphatic hydroxyl groups is 3. The largest absolute Gasteiger partial charge is 0.465 e. The average molecular weight is 439 g/mol. The van der Waals surface area contributed by atoms with Crippen LogP contribution in [0.25, 0.3) is 0 Å². The van der Waals surface area contributed by atoms with Gasteiger partial charge in [0.05, 0.1) is 25.9 Å². The number of esters is 1. The highest BCUT2D eigenvalue weighted by molar-refractivity contribution is 5.93. The van der Waals surface area contributed by atoms with Gasteiger partial charge in [-0.3, -0.25) is 9.59 Å². The minimum Gasteiger partial charge on any atom is -0.465 e. The Hall–Kier alpha value is -1.06. The van der Waals surface area contributed by atoms with Crippen LogP contribution in [0.3, 0.4) is 0 Å². The Kier molecular flexibility index (Phi) is 4.73. The minimum absolute atomic E-state index is 0.146. The van der Waals surface area contributed by atoms with Crippen molar-refractivity contribution < 1.29 is 39.1 Å². The summed E-state index contributed by atoms with van der Waals surface area (Å²) in [7, 11) is 1.53. The van der Waals surface area contributed by atoms with Crippen LogP contribution in [0.4, 0.5) is 0 Å². The smallest absolute Gasteiger partial charge is 0.302 e. The highest BCUT2D eigenvalue weighted by atomic mass is 16.6. The number of hydrogen-bond acceptors (Lipinski definition) is 8. The molecule has 2 aliphatic heterocycles. The Morgan fingerprint density at radius 3 is 2.65 bits per heavy atom. The molecule has 10 atom stereocenters. The first kappa shape index (κ1) is 21.8. The molecule has 4 saturated carbocycles. The van der Waals surface area contributed by atoms with E-state index in [-0.39, 0.29) is 43.4 Å². The lowest BCUT2D eigenvalue weighted by Crippen LogP contribution is -2.84. The lowest BCUT2D eigenvalue weighted by molar-refractivity contribution is -0.450. The molecule has 0 amide bonds. The summed E-state index contributed by atoms with van der Waals surface area (Å²) >= 11 is 0. The Labute approximate surface area is 182 Å². The molecule has 4 bridgehead atoms. The van der Waals surface area contributed by atoms with Gasteiger partial charge in [0.2, 0.25) is 5.79 Å². The lowest BCUT2D eigenvalue weighted by Gasteiger charge is -2.74. The highest BCUT2D eigenvalue weighted by Gasteiger charge is 2.86. The minimum atomic E-state index is -2.17. The van der Waals surface area contributed by atoms with Crippen LogP contribution >= 0.6 is 0 Å². The standard InChI is InChI=1S/C23H34O8/c1-12(24)30-10-20(2)7-4-8-21-11-31-23(28,19(27)16(20)21)22-15(21)6-5-13(17(22)25)14(9-29-3)18(22)26/h13-17,19,25,27-28H,4-11H2,1-3H3/t13?,14-,15-,16+,17?,19-,20-,21+,22?,23-/m0/s1. The van der Waals surface area contributed by atoms with E-state index in [9.17, 15) is 24.9 Å². The SMILES string of the molecule is COC[C@@H]1C(=O)C23C(O)C1CC[C@H]2[C@]12CCC[C@@](C)(COC(C)=O)[C@H]1[C@H](O)[C@]3(O)OC2. The van der Waals surface area contributed by atoms with Crippen LogP contribution in [0.15, 0.2) is 0 Å². The van der Waals surface area contributed by atoms with Crippen molar-refractivity contribution in [3.8, 4) is 0 Å². The van der Waals surface area contributed by atoms with E-state index >= 15 is 0 Å². The summed E-state index contributed by atoms with van der Waals surface area (Å²) in [6.07, 6.45) is 1.23. The topological polar surface area (TPSA) is 123 Å². The van der Waals surface area contributed by atoms with Crippen LogP contribution in [0.5, 0.6) is 0 Å². The average Bonchev–Trinajstić information content (AvgIpc) is 2.83. The molecule has 4 aliphatic carbocycles. The zero-order valence-corrected chi connectivity index (χ0v) is 18.5. The molecule has 8 nitrogen and oxygen atoms in total. The molecule has 3 unspecified atom stereocenters. The molecule has 6 fully saturated rings. The van der Waals surface area contributed by atoms with Crippen LogP contribution in [-0.2, 0) is 23.8 Å². The zero-order chi connectivity index (χ0) is 22.4. The van der Waals surface area contributed by atoms with Crippen LogP contribution in [0.1, 0.15) is 46.0 Å². The number of carbonyl (C=O) groups is 2. The molecule has 0 radical (unpaired) electrons. The van der Waals surface area contributed by atoms with Gasteiger partial charge in [-0.05, 0) is 37.5 Å². The Morgan fingerprint density at radius 1 is 1.23 bits per heavy atom. The maximum absolute atomic E-state index is 13.9. The van der Waals surface area contributed by atoms with Gasteiger partial charge in [-0.1, -0.05) is 13.3 Å². The molecular formula is C23H34O8. The lowest BCUT2D eigenvalue weighted by atomic mass is 9.36. The number of rotatable bonds is 4. The van der Waals surface area contributed by atoms with Gasteiger partial charge < -0.3 is 29.5 Å². The molecule has 0 aromatic carbocycles. The summed E-state index contributed by atoms with van der Waals surface area (Å²) in [5.74, 6) is -4.32. The predicted octanol–water partition coefficient (Wildman–Crippen LogP) is 0.654. The zero-order valence-electron chi connectivity index (χ0n) is 18.5. The van der Waals surface area contributed by atoms with E-state index in [1.807, 2.05) is 6.92 Å². The van der Waals surface area contributed by atoms with Crippen molar-refractivity contribution in [2.45, 2.75) is 63.9 Å². The number of ketones is 1. The van der Waals surface area contributed by atoms with Crippen molar-refractivity contribution in [2.75, 3.05) is 26.9 Å². The fourth-order valence-electron chi connectivity index (χ4n) is 8.81. The fraction of sp³-hybridized carbons (Fsp3) is 0.913. The van der Waals surface area contributed by atoms with Gasteiger partial charge in [0.15, 0.2) is 5.78 Å². The maximum Gasteiger partial charge on any atom is 0.302 e. The monoisotopic (exact) mass is 438 g/mol. The first-order valence-electron chi connectivity index (χ1n) is 11.5. The Balaban J connectivity index is 1.65. The second kappa shape index (κ2) is 6.73. The van der Waals surface area contributed by atoms with Gasteiger partial charge in [0.1, 0.15) is 11.5 Å². The first-order valence-corrected chi connectivity index (χ1v) is 11.5. The molecule has 174 valence electrons.